The molecule has 2 atom stereocenters. The maximum Gasteiger partial charge on any atom is 0.155 e. The van der Waals surface area contributed by atoms with Crippen LogP contribution in [0.25, 0.3) is 0 Å². The van der Waals surface area contributed by atoms with Crippen molar-refractivity contribution in [3.05, 3.63) is 0 Å². The van der Waals surface area contributed by atoms with Gasteiger partial charge in [0, 0.05) is 0 Å². The molecule has 1 aliphatic carbocycles. The van der Waals surface area contributed by atoms with Crippen LogP contribution in [0.1, 0.15) is 53.4 Å². The van der Waals surface area contributed by atoms with Gasteiger partial charge in [0.15, 0.2) is 9.84 Å². The van der Waals surface area contributed by atoms with Crippen molar-refractivity contribution in [2.24, 2.45) is 11.8 Å². The molecule has 4 heteroatoms. The lowest BCUT2D eigenvalue weighted by atomic mass is 9.72. The highest BCUT2D eigenvalue weighted by Crippen LogP contribution is 2.37. The first kappa shape index (κ1) is 16.0. The number of hydrogen-bond acceptors (Lipinski definition) is 3. The number of rotatable bonds is 7. The normalized spacial score (nSPS) is 24.9. The van der Waals surface area contributed by atoms with E-state index in [2.05, 4.69) is 12.2 Å². The van der Waals surface area contributed by atoms with Gasteiger partial charge in [0.2, 0.25) is 0 Å². The predicted octanol–water partition coefficient (Wildman–Crippen LogP) is 2.62. The van der Waals surface area contributed by atoms with Crippen LogP contribution in [0.2, 0.25) is 0 Å². The Labute approximate surface area is 113 Å². The van der Waals surface area contributed by atoms with Gasteiger partial charge in [-0.2, -0.15) is 0 Å². The smallest absolute Gasteiger partial charge is 0.155 e. The van der Waals surface area contributed by atoms with E-state index >= 15 is 0 Å². The first-order chi connectivity index (χ1) is 8.28. The van der Waals surface area contributed by atoms with Crippen LogP contribution in [0, 0.1) is 11.8 Å². The maximum atomic E-state index is 12.0. The summed E-state index contributed by atoms with van der Waals surface area (Å²) in [6, 6.07) is 0. The van der Waals surface area contributed by atoms with Gasteiger partial charge >= 0.3 is 0 Å². The largest absolute Gasteiger partial charge is 0.316 e. The van der Waals surface area contributed by atoms with E-state index in [-0.39, 0.29) is 0 Å². The zero-order valence-electron chi connectivity index (χ0n) is 12.3. The van der Waals surface area contributed by atoms with Gasteiger partial charge in [-0.15, -0.1) is 0 Å². The summed E-state index contributed by atoms with van der Waals surface area (Å²) in [5.41, 5.74) is 0. The maximum absolute atomic E-state index is 12.0. The van der Waals surface area contributed by atoms with Crippen molar-refractivity contribution in [3.8, 4) is 0 Å². The molecule has 1 aliphatic rings. The van der Waals surface area contributed by atoms with Crippen molar-refractivity contribution in [2.45, 2.75) is 58.1 Å². The summed E-state index contributed by atoms with van der Waals surface area (Å²) in [4.78, 5) is 0. The van der Waals surface area contributed by atoms with Crippen LogP contribution in [0.3, 0.4) is 0 Å². The lowest BCUT2D eigenvalue weighted by Crippen LogP contribution is -2.38. The van der Waals surface area contributed by atoms with Gasteiger partial charge in [0.25, 0.3) is 0 Å². The molecule has 0 bridgehead atoms. The third kappa shape index (κ3) is 4.23. The summed E-state index contributed by atoms with van der Waals surface area (Å²) in [5, 5.41) is 3.44. The van der Waals surface area contributed by atoms with Crippen molar-refractivity contribution in [1.29, 1.82) is 0 Å². The lowest BCUT2D eigenvalue weighted by Gasteiger charge is -2.37. The van der Waals surface area contributed by atoms with Crippen LogP contribution in [-0.4, -0.2) is 32.0 Å². The second kappa shape index (κ2) is 6.38. The molecule has 108 valence electrons. The van der Waals surface area contributed by atoms with Crippen molar-refractivity contribution < 1.29 is 8.42 Å². The standard InChI is InChI=1S/C14H29NO2S/c1-5-9-15-11-13-7-6-12(13)8-10-18(16,17)14(2,3)4/h12-13,15H,5-11H2,1-4H3. The quantitative estimate of drug-likeness (QED) is 0.727. The predicted molar refractivity (Wildman–Crippen MR) is 77.5 cm³/mol. The minimum Gasteiger partial charge on any atom is -0.316 e. The first-order valence-electron chi connectivity index (χ1n) is 7.21. The molecule has 0 saturated heterocycles. The topological polar surface area (TPSA) is 46.2 Å². The van der Waals surface area contributed by atoms with Crippen molar-refractivity contribution in [1.82, 2.24) is 5.32 Å². The van der Waals surface area contributed by atoms with Crippen LogP contribution >= 0.6 is 0 Å². The molecular weight excluding hydrogens is 246 g/mol. The van der Waals surface area contributed by atoms with Crippen LogP contribution in [0.5, 0.6) is 0 Å². The fraction of sp³-hybridized carbons (Fsp3) is 1.00. The molecule has 0 aliphatic heterocycles. The molecule has 0 aromatic carbocycles. The van der Waals surface area contributed by atoms with E-state index in [1.54, 1.807) is 20.8 Å². The zero-order chi connectivity index (χ0) is 13.8. The Bertz CT molecular complexity index is 343. The van der Waals surface area contributed by atoms with E-state index in [0.29, 0.717) is 17.6 Å². The molecule has 1 rings (SSSR count). The van der Waals surface area contributed by atoms with Crippen LogP contribution in [0.4, 0.5) is 0 Å². The summed E-state index contributed by atoms with van der Waals surface area (Å²) in [6.45, 7) is 9.69. The summed E-state index contributed by atoms with van der Waals surface area (Å²) >= 11 is 0. The Kier molecular flexibility index (Phi) is 5.66. The highest BCUT2D eigenvalue weighted by Gasteiger charge is 2.34. The van der Waals surface area contributed by atoms with Gasteiger partial charge in [-0.05, 0) is 71.4 Å². The minimum atomic E-state index is -2.94. The SMILES string of the molecule is CCCNCC1CCC1CCS(=O)(=O)C(C)(C)C. The molecule has 0 heterocycles. The molecule has 0 aromatic heterocycles. The van der Waals surface area contributed by atoms with E-state index < -0.39 is 14.6 Å². The fourth-order valence-electron chi connectivity index (χ4n) is 2.36. The molecule has 0 aromatic rings. The molecule has 0 radical (unpaired) electrons. The van der Waals surface area contributed by atoms with E-state index in [4.69, 9.17) is 0 Å². The van der Waals surface area contributed by atoms with Gasteiger partial charge in [-0.25, -0.2) is 8.42 Å². The Balaban J connectivity index is 2.32. The second-order valence-electron chi connectivity index (χ2n) is 6.52. The second-order valence-corrected chi connectivity index (χ2v) is 9.38. The third-order valence-corrected chi connectivity index (χ3v) is 6.74. The van der Waals surface area contributed by atoms with Crippen molar-refractivity contribution in [2.75, 3.05) is 18.8 Å². The average Bonchev–Trinajstić information content (AvgIpc) is 2.21. The summed E-state index contributed by atoms with van der Waals surface area (Å²) < 4.78 is 23.5. The monoisotopic (exact) mass is 275 g/mol. The van der Waals surface area contributed by atoms with Gasteiger partial charge in [-0.3, -0.25) is 0 Å². The number of sulfone groups is 1. The molecule has 2 unspecified atom stereocenters. The van der Waals surface area contributed by atoms with E-state index in [9.17, 15) is 8.42 Å². The number of nitrogens with one attached hydrogen (secondary N) is 1. The Morgan fingerprint density at radius 1 is 1.17 bits per heavy atom. The third-order valence-electron chi connectivity index (χ3n) is 4.10. The highest BCUT2D eigenvalue weighted by molar-refractivity contribution is 7.92. The summed E-state index contributed by atoms with van der Waals surface area (Å²) in [5.74, 6) is 1.67. The molecule has 1 saturated carbocycles. The highest BCUT2D eigenvalue weighted by atomic mass is 32.2. The van der Waals surface area contributed by atoms with Crippen LogP contribution < -0.4 is 5.32 Å². The van der Waals surface area contributed by atoms with Gasteiger partial charge in [0.1, 0.15) is 0 Å². The van der Waals surface area contributed by atoms with E-state index in [1.165, 1.54) is 12.8 Å². The Morgan fingerprint density at radius 2 is 1.78 bits per heavy atom. The summed E-state index contributed by atoms with van der Waals surface area (Å²) in [6.07, 6.45) is 4.48. The lowest BCUT2D eigenvalue weighted by molar-refractivity contribution is 0.167. The van der Waals surface area contributed by atoms with Gasteiger partial charge in [0.05, 0.1) is 10.5 Å². The van der Waals surface area contributed by atoms with E-state index in [1.807, 2.05) is 0 Å². The van der Waals surface area contributed by atoms with E-state index in [0.717, 1.165) is 25.9 Å². The average molecular weight is 275 g/mol. The van der Waals surface area contributed by atoms with Gasteiger partial charge < -0.3 is 5.32 Å². The minimum absolute atomic E-state index is 0.353. The fourth-order valence-corrected chi connectivity index (χ4v) is 3.59. The summed E-state index contributed by atoms with van der Waals surface area (Å²) in [7, 11) is -2.94. The molecule has 0 amide bonds. The zero-order valence-corrected chi connectivity index (χ0v) is 13.1. The van der Waals surface area contributed by atoms with Crippen LogP contribution in [0.15, 0.2) is 0 Å². The van der Waals surface area contributed by atoms with Crippen molar-refractivity contribution in [3.63, 3.8) is 0 Å². The number of hydrogen-bond donors (Lipinski definition) is 1. The Hall–Kier alpha value is -0.0900. The molecule has 18 heavy (non-hydrogen) atoms. The molecular formula is C14H29NO2S. The molecule has 3 nitrogen and oxygen atoms in total. The van der Waals surface area contributed by atoms with Crippen molar-refractivity contribution >= 4 is 9.84 Å². The Morgan fingerprint density at radius 3 is 2.22 bits per heavy atom. The molecule has 1 N–H and O–H groups in total. The first-order valence-corrected chi connectivity index (χ1v) is 8.86. The molecule has 0 spiro atoms. The van der Waals surface area contributed by atoms with Crippen LogP contribution in [-0.2, 0) is 9.84 Å². The van der Waals surface area contributed by atoms with Gasteiger partial charge in [-0.1, -0.05) is 6.92 Å². The molecule has 1 fully saturated rings.